The van der Waals surface area contributed by atoms with Crippen LogP contribution in [0.15, 0.2) is 77.6 Å². The van der Waals surface area contributed by atoms with Crippen molar-refractivity contribution >= 4 is 123 Å². The molecule has 2 saturated heterocycles. The van der Waals surface area contributed by atoms with E-state index in [0.29, 0.717) is 48.9 Å². The first-order valence-corrected chi connectivity index (χ1v) is 48.2. The van der Waals surface area contributed by atoms with Crippen molar-refractivity contribution in [3.63, 3.8) is 0 Å². The fourth-order valence-electron chi connectivity index (χ4n) is 15.9. The lowest BCUT2D eigenvalue weighted by Gasteiger charge is -2.31. The average molecular weight is 1920 g/mol. The van der Waals surface area contributed by atoms with Gasteiger partial charge in [0.15, 0.2) is 11.7 Å². The molecule has 23 N–H and O–H groups in total. The summed E-state index contributed by atoms with van der Waals surface area (Å²) in [6, 6.07) is -1.14. The molecule has 3 aromatic rings. The van der Waals surface area contributed by atoms with Crippen LogP contribution in [0.5, 0.6) is 0 Å². The van der Waals surface area contributed by atoms with Crippen LogP contribution in [0, 0.1) is 5.41 Å². The number of aromatic amines is 1. The quantitative estimate of drug-likeness (QED) is 0.0212. The first kappa shape index (κ1) is 114. The number of rotatable bonds is 57. The molecule has 758 valence electrons. The molecule has 3 aliphatic heterocycles. The Morgan fingerprint density at radius 3 is 1.85 bits per heavy atom. The summed E-state index contributed by atoms with van der Waals surface area (Å²) in [6.07, 6.45) is 16.0. The maximum atomic E-state index is 15.5. The van der Waals surface area contributed by atoms with Crippen molar-refractivity contribution in [2.75, 3.05) is 65.8 Å². The summed E-state index contributed by atoms with van der Waals surface area (Å²) < 4.78 is 10.8. The molecule has 137 heavy (non-hydrogen) atoms. The lowest BCUT2D eigenvalue weighted by Crippen LogP contribution is -2.62. The number of nitrogens with zero attached hydrogens (tertiary/aromatic N) is 2. The number of amides is 14. The molecule has 2 aromatic carbocycles. The van der Waals surface area contributed by atoms with Crippen molar-refractivity contribution in [2.45, 2.75) is 318 Å². The molecule has 4 heterocycles. The smallest absolute Gasteiger partial charge is 0.303 e. The molecule has 42 nitrogen and oxygen atoms in total. The number of benzene rings is 2. The number of H-pyrrole nitrogens is 1. The zero-order valence-electron chi connectivity index (χ0n) is 79.5. The average Bonchev–Trinajstić information content (AvgIpc) is 1.68. The predicted octanol–water partition coefficient (Wildman–Crippen LogP) is 0.935. The molecule has 0 spiro atoms. The van der Waals surface area contributed by atoms with Gasteiger partial charge in [0, 0.05) is 125 Å². The van der Waals surface area contributed by atoms with Gasteiger partial charge in [0.2, 0.25) is 82.7 Å². The number of unbranched alkanes of at least 4 members (excludes halogenated alkanes) is 12. The van der Waals surface area contributed by atoms with Crippen molar-refractivity contribution in [1.29, 1.82) is 5.41 Å². The first-order valence-electron chi connectivity index (χ1n) is 48.2. The van der Waals surface area contributed by atoms with Crippen LogP contribution in [0.3, 0.4) is 0 Å². The number of hydrogen-bond acceptors (Lipinski definition) is 24. The molecule has 14 amide bonds. The predicted molar refractivity (Wildman–Crippen MR) is 509 cm³/mol. The first-order chi connectivity index (χ1) is 65.7. The number of Topliss-reactive ketones (excluding diaryl/α,β-unsaturated/α-hetero) is 2. The molecule has 0 saturated carbocycles. The molecule has 2 fully saturated rings. The van der Waals surface area contributed by atoms with Crippen LogP contribution in [0.4, 0.5) is 0 Å². The number of ether oxygens (including phenoxy) is 2. The zero-order chi connectivity index (χ0) is 100.0. The molecule has 42 heteroatoms. The van der Waals surface area contributed by atoms with Crippen LogP contribution < -0.4 is 85.9 Å². The number of allylic oxidation sites excluding steroid dienone is 1. The maximum absolute atomic E-state index is 15.5. The monoisotopic (exact) mass is 1920 g/mol. The Labute approximate surface area is 799 Å². The summed E-state index contributed by atoms with van der Waals surface area (Å²) in [5.41, 5.74) is 13.4. The van der Waals surface area contributed by atoms with E-state index < -0.39 is 200 Å². The van der Waals surface area contributed by atoms with Crippen LogP contribution in [0.25, 0.3) is 10.9 Å². The number of fused-ring (bicyclic) bond motifs is 2. The number of carbonyl (C=O) groups excluding carboxylic acids is 16. The number of carboxylic acid groups (broad SMARTS) is 1. The number of primary amides is 1. The van der Waals surface area contributed by atoms with E-state index in [0.717, 1.165) is 80.0 Å². The Morgan fingerprint density at radius 2 is 1.20 bits per heavy atom. The Kier molecular flexibility index (Phi) is 52.5. The van der Waals surface area contributed by atoms with Gasteiger partial charge in [0.25, 0.3) is 0 Å². The maximum Gasteiger partial charge on any atom is 0.303 e. The number of nitrogens with one attached hydrogen (secondary N) is 16. The number of para-hydroxylation sites is 1. The summed E-state index contributed by atoms with van der Waals surface area (Å²) in [4.78, 5) is 246. The molecule has 0 unspecified atom stereocenters. The number of carbonyl (C=O) groups is 17. The normalized spacial score (nSPS) is 19.2. The van der Waals surface area contributed by atoms with Crippen molar-refractivity contribution < 1.29 is 106 Å². The van der Waals surface area contributed by atoms with Crippen molar-refractivity contribution in [1.82, 2.24) is 84.3 Å². The number of ketones is 2. The summed E-state index contributed by atoms with van der Waals surface area (Å²) in [5.74, 6) is -13.9. The molecular weight excluding hydrogens is 1770 g/mol. The molecule has 3 aliphatic rings. The molecule has 12 atom stereocenters. The molecule has 1 aromatic heterocycles. The summed E-state index contributed by atoms with van der Waals surface area (Å²) >= 11 is 0. The number of guanidine groups is 1. The van der Waals surface area contributed by atoms with Crippen LogP contribution in [0.1, 0.15) is 238 Å². The summed E-state index contributed by atoms with van der Waals surface area (Å²) in [6.45, 7) is 4.22. The number of aliphatic hydroxyl groups excluding tert-OH is 2. The Hall–Kier alpha value is -12.2. The van der Waals surface area contributed by atoms with Gasteiger partial charge in [0.1, 0.15) is 72.8 Å². The van der Waals surface area contributed by atoms with E-state index in [1.165, 1.54) is 26.0 Å². The molecule has 0 bridgehead atoms. The standard InChI is InChI=1S/C95H146N20O22/c1-5-6-34-70(85(126)110-73-41-40-65(118)32-21-18-22-35-68(61(4)117)106-89(130)75(51-63-54-103-69-36-26-25-33-67(63)69)111-86(127)71(37-28-45-101-95(97)98)107-88(129)74(50-62-29-19-17-20-30-62)113-93(134)79-53-66(119)57-115(79)94(73)135)108-91(132)77(55-102-60(2)3)114-90(131)76(52-64-31-27-44-99-64)112-87(128)72(42-43-80(96)120)109-92(133)78(58-116)105-82(122)56-104-83(123)59-137-49-48-136-47-46-100-81(121)38-23-15-13-11-9-7-8-10-12-14-16-24-39-84(124)125/h17,19-20,25-26,29-31,33,36,44,54,60,66,68,70-79,102-103,116,119H,5-16,18,21-24,27-28,32,34-35,37-43,45-53,55-59H2,1-4H3,(H2,96,120)(H,100,121)(H,104,123)(H,105,122)(H,106,130)(H,107,129)(H,108,132)(H,109,133)(H,110,126)(H,111,127)(H,112,128)(H,113,134)(H,114,131)(H,124,125)(H4,97,98,101)/t66-,68+,70+,71+,72+,73+,74-,75+,76+,77+,78+,79+/m1/s1. The molecule has 0 radical (unpaired) electrons. The minimum atomic E-state index is -1.75. The number of nitrogens with two attached hydrogens (primary N) is 2. The number of aliphatic hydroxyl groups is 2. The van der Waals surface area contributed by atoms with Gasteiger partial charge < -0.3 is 121 Å². The molecule has 0 aliphatic carbocycles. The highest BCUT2D eigenvalue weighted by Crippen LogP contribution is 2.25. The van der Waals surface area contributed by atoms with Gasteiger partial charge in [0.05, 0.1) is 45.1 Å². The van der Waals surface area contributed by atoms with Gasteiger partial charge in [-0.1, -0.05) is 165 Å². The van der Waals surface area contributed by atoms with Crippen molar-refractivity contribution in [3.05, 3.63) is 83.7 Å². The summed E-state index contributed by atoms with van der Waals surface area (Å²) in [7, 11) is 0. The van der Waals surface area contributed by atoms with E-state index in [9.17, 15) is 67.7 Å². The van der Waals surface area contributed by atoms with E-state index >= 15 is 24.0 Å². The number of aromatic nitrogens is 1. The largest absolute Gasteiger partial charge is 0.481 e. The minimum absolute atomic E-state index is 0.0136. The third-order valence-electron chi connectivity index (χ3n) is 23.6. The van der Waals surface area contributed by atoms with Gasteiger partial charge in [-0.25, -0.2) is 0 Å². The van der Waals surface area contributed by atoms with E-state index in [-0.39, 0.29) is 153 Å². The van der Waals surface area contributed by atoms with E-state index in [4.69, 9.17) is 31.5 Å². The lowest BCUT2D eigenvalue weighted by molar-refractivity contribution is -0.143. The topological polar surface area (TPSA) is 645 Å². The van der Waals surface area contributed by atoms with E-state index in [1.54, 1.807) is 56.5 Å². The van der Waals surface area contributed by atoms with Gasteiger partial charge in [-0.15, -0.1) is 0 Å². The fourth-order valence-corrected chi connectivity index (χ4v) is 15.9. The highest BCUT2D eigenvalue weighted by Gasteiger charge is 2.44. The fraction of sp³-hybridized carbons (Fsp3) is 0.632. The number of aliphatic imine (C=N–C) groups is 1. The van der Waals surface area contributed by atoms with Gasteiger partial charge >= 0.3 is 5.97 Å². The zero-order valence-corrected chi connectivity index (χ0v) is 79.5. The van der Waals surface area contributed by atoms with Crippen LogP contribution >= 0.6 is 0 Å². The highest BCUT2D eigenvalue weighted by molar-refractivity contribution is 6.01. The second kappa shape index (κ2) is 63.3. The van der Waals surface area contributed by atoms with Crippen LogP contribution in [-0.4, -0.2) is 282 Å². The number of hydrogen-bond donors (Lipinski definition) is 21. The van der Waals surface area contributed by atoms with Gasteiger partial charge in [-0.2, -0.15) is 0 Å². The SMILES string of the molecule is CCCC[C@H](NC(=O)[C@H](CNC(C)C)NC(=O)[C@H](CC1=CCC=N1)NC(=O)[C@H](CCC(N)=O)NC(=O)[C@H](CO)NC(=O)CNC(=O)COCCOCCNC(=O)CCCCCCCCCCCCCCC(=O)O)C(=O)N[C@H]1CCC(=O)CCCCC[C@@H](C(C)=O)NC(=O)[C@H](Cc2c[nH]c3ccccc23)NC(=O)[C@H](CCCNC(=N)N)NC(=O)[C@@H](Cc2ccccc2)NC(=O)[C@@H]2C[C@@H](O)CN2C1=O. The van der Waals surface area contributed by atoms with Crippen LogP contribution in [-0.2, 0) is 104 Å². The number of aliphatic carboxylic acids is 1. The lowest BCUT2D eigenvalue weighted by atomic mass is 9.99. The third kappa shape index (κ3) is 44.3. The minimum Gasteiger partial charge on any atom is -0.481 e. The highest BCUT2D eigenvalue weighted by atomic mass is 16.5. The van der Waals surface area contributed by atoms with Gasteiger partial charge in [-0.05, 0) is 81.9 Å². The van der Waals surface area contributed by atoms with Crippen molar-refractivity contribution in [2.24, 2.45) is 16.5 Å². The van der Waals surface area contributed by atoms with E-state index in [2.05, 4.69) is 84.4 Å². The molecule has 6 rings (SSSR count). The third-order valence-corrected chi connectivity index (χ3v) is 23.6. The second-order valence-electron chi connectivity index (χ2n) is 35.4. The summed E-state index contributed by atoms with van der Waals surface area (Å²) in [5, 5.41) is 76.6. The number of carboxylic acids is 1. The van der Waals surface area contributed by atoms with E-state index in [1.807, 2.05) is 31.2 Å². The Bertz CT molecular complexity index is 4510. The Balaban J connectivity index is 1.13. The van der Waals surface area contributed by atoms with Crippen LogP contribution in [0.2, 0.25) is 0 Å². The molecular formula is C95H146N20O22. The van der Waals surface area contributed by atoms with Gasteiger partial charge in [-0.3, -0.25) is 91.9 Å². The second-order valence-corrected chi connectivity index (χ2v) is 35.4. The Morgan fingerprint density at radius 1 is 0.591 bits per heavy atom. The van der Waals surface area contributed by atoms with Crippen molar-refractivity contribution in [3.8, 4) is 0 Å².